The van der Waals surface area contributed by atoms with E-state index in [1.165, 1.54) is 7.11 Å². The van der Waals surface area contributed by atoms with Crippen molar-refractivity contribution in [1.82, 2.24) is 0 Å². The van der Waals surface area contributed by atoms with E-state index in [9.17, 15) is 8.78 Å². The molecule has 14 heavy (non-hydrogen) atoms. The zero-order valence-corrected chi connectivity index (χ0v) is 7.76. The fourth-order valence-corrected chi connectivity index (χ4v) is 1.51. The van der Waals surface area contributed by atoms with Crippen LogP contribution in [0.15, 0.2) is 24.3 Å². The van der Waals surface area contributed by atoms with Crippen LogP contribution < -0.4 is 10.5 Å². The molecule has 1 atom stereocenters. The van der Waals surface area contributed by atoms with Crippen LogP contribution in [0.2, 0.25) is 0 Å². The van der Waals surface area contributed by atoms with Gasteiger partial charge in [-0.25, -0.2) is 8.78 Å². The van der Waals surface area contributed by atoms with Gasteiger partial charge >= 0.3 is 0 Å². The van der Waals surface area contributed by atoms with Gasteiger partial charge in [0, 0.05) is 6.42 Å². The van der Waals surface area contributed by atoms with E-state index in [1.54, 1.807) is 24.3 Å². The Bertz CT molecular complexity index is 350. The Balaban J connectivity index is 2.27. The maximum atomic E-state index is 12.9. The van der Waals surface area contributed by atoms with E-state index >= 15 is 0 Å². The van der Waals surface area contributed by atoms with Gasteiger partial charge in [-0.2, -0.15) is 0 Å². The van der Waals surface area contributed by atoms with Crippen molar-refractivity contribution in [3.8, 4) is 5.75 Å². The maximum absolute atomic E-state index is 12.9. The SMILES string of the molecule is COc1ccc(C2(N)CC2(F)F)cc1. The van der Waals surface area contributed by atoms with Crippen molar-refractivity contribution in [1.29, 1.82) is 0 Å². The standard InChI is InChI=1S/C10H11F2NO/c1-14-8-4-2-7(3-5-8)9(13)6-10(9,11)12/h2-5H,6,13H2,1H3. The van der Waals surface area contributed by atoms with Gasteiger partial charge in [-0.15, -0.1) is 0 Å². The van der Waals surface area contributed by atoms with Crippen molar-refractivity contribution in [2.45, 2.75) is 17.9 Å². The molecule has 0 saturated heterocycles. The molecule has 1 aromatic carbocycles. The molecule has 1 saturated carbocycles. The van der Waals surface area contributed by atoms with E-state index < -0.39 is 11.5 Å². The summed E-state index contributed by atoms with van der Waals surface area (Å²) in [6.45, 7) is 0. The van der Waals surface area contributed by atoms with Crippen molar-refractivity contribution in [2.24, 2.45) is 5.73 Å². The molecular formula is C10H11F2NO. The second kappa shape index (κ2) is 2.67. The van der Waals surface area contributed by atoms with Crippen LogP contribution in [-0.2, 0) is 5.54 Å². The van der Waals surface area contributed by atoms with Crippen molar-refractivity contribution in [3.05, 3.63) is 29.8 Å². The molecule has 0 aliphatic heterocycles. The van der Waals surface area contributed by atoms with Gasteiger partial charge in [0.25, 0.3) is 5.92 Å². The molecule has 0 amide bonds. The molecular weight excluding hydrogens is 188 g/mol. The molecule has 0 spiro atoms. The minimum absolute atomic E-state index is 0.271. The number of hydrogen-bond acceptors (Lipinski definition) is 2. The maximum Gasteiger partial charge on any atom is 0.272 e. The number of nitrogens with two attached hydrogens (primary N) is 1. The Morgan fingerprint density at radius 1 is 1.29 bits per heavy atom. The van der Waals surface area contributed by atoms with Gasteiger partial charge < -0.3 is 10.5 Å². The third-order valence-corrected chi connectivity index (χ3v) is 2.63. The third kappa shape index (κ3) is 1.18. The van der Waals surface area contributed by atoms with Gasteiger partial charge in [0.05, 0.1) is 7.11 Å². The number of methoxy groups -OCH3 is 1. The highest BCUT2D eigenvalue weighted by Crippen LogP contribution is 2.57. The molecule has 1 aliphatic rings. The Morgan fingerprint density at radius 2 is 1.79 bits per heavy atom. The van der Waals surface area contributed by atoms with Crippen LogP contribution in [0.3, 0.4) is 0 Å². The van der Waals surface area contributed by atoms with E-state index in [2.05, 4.69) is 0 Å². The number of ether oxygens (including phenoxy) is 1. The molecule has 1 aromatic rings. The number of rotatable bonds is 2. The summed E-state index contributed by atoms with van der Waals surface area (Å²) < 4.78 is 30.7. The molecule has 2 rings (SSSR count). The second-order valence-corrected chi connectivity index (χ2v) is 3.58. The lowest BCUT2D eigenvalue weighted by Crippen LogP contribution is -2.26. The first-order chi connectivity index (χ1) is 6.49. The van der Waals surface area contributed by atoms with Gasteiger partial charge in [-0.3, -0.25) is 0 Å². The topological polar surface area (TPSA) is 35.2 Å². The molecule has 0 radical (unpaired) electrons. The van der Waals surface area contributed by atoms with Gasteiger partial charge in [0.15, 0.2) is 0 Å². The summed E-state index contributed by atoms with van der Waals surface area (Å²) in [5, 5.41) is 0. The molecule has 76 valence electrons. The molecule has 1 fully saturated rings. The molecule has 0 aromatic heterocycles. The largest absolute Gasteiger partial charge is 0.497 e. The lowest BCUT2D eigenvalue weighted by atomic mass is 10.1. The fraction of sp³-hybridized carbons (Fsp3) is 0.400. The Labute approximate surface area is 80.7 Å². The number of alkyl halides is 2. The summed E-state index contributed by atoms with van der Waals surface area (Å²) in [5.74, 6) is -2.12. The summed E-state index contributed by atoms with van der Waals surface area (Å²) in [4.78, 5) is 0. The fourth-order valence-electron chi connectivity index (χ4n) is 1.51. The van der Waals surface area contributed by atoms with Crippen LogP contribution in [0.4, 0.5) is 8.78 Å². The molecule has 4 heteroatoms. The lowest BCUT2D eigenvalue weighted by Gasteiger charge is -2.10. The van der Waals surface area contributed by atoms with Crippen LogP contribution in [0, 0.1) is 0 Å². The second-order valence-electron chi connectivity index (χ2n) is 3.58. The van der Waals surface area contributed by atoms with Crippen LogP contribution in [0.25, 0.3) is 0 Å². The van der Waals surface area contributed by atoms with E-state index in [4.69, 9.17) is 10.5 Å². The van der Waals surface area contributed by atoms with E-state index in [1.807, 2.05) is 0 Å². The normalized spacial score (nSPS) is 28.6. The third-order valence-electron chi connectivity index (χ3n) is 2.63. The number of benzene rings is 1. The van der Waals surface area contributed by atoms with E-state index in [0.717, 1.165) is 0 Å². The van der Waals surface area contributed by atoms with Crippen LogP contribution >= 0.6 is 0 Å². The lowest BCUT2D eigenvalue weighted by molar-refractivity contribution is 0.0891. The highest BCUT2D eigenvalue weighted by Gasteiger charge is 2.69. The molecule has 2 N–H and O–H groups in total. The first kappa shape index (κ1) is 9.40. The predicted molar refractivity (Wildman–Crippen MR) is 48.4 cm³/mol. The van der Waals surface area contributed by atoms with Crippen molar-refractivity contribution in [3.63, 3.8) is 0 Å². The van der Waals surface area contributed by atoms with Gasteiger partial charge in [-0.05, 0) is 17.7 Å². The smallest absolute Gasteiger partial charge is 0.272 e. The minimum Gasteiger partial charge on any atom is -0.497 e. The molecule has 1 aliphatic carbocycles. The Morgan fingerprint density at radius 3 is 2.14 bits per heavy atom. The van der Waals surface area contributed by atoms with Crippen molar-refractivity contribution < 1.29 is 13.5 Å². The molecule has 0 bridgehead atoms. The van der Waals surface area contributed by atoms with Gasteiger partial charge in [0.2, 0.25) is 0 Å². The van der Waals surface area contributed by atoms with Crippen molar-refractivity contribution >= 4 is 0 Å². The number of halogens is 2. The van der Waals surface area contributed by atoms with Gasteiger partial charge in [0.1, 0.15) is 11.3 Å². The molecule has 0 heterocycles. The highest BCUT2D eigenvalue weighted by atomic mass is 19.3. The summed E-state index contributed by atoms with van der Waals surface area (Å²) in [5.41, 5.74) is 4.55. The minimum atomic E-state index is -2.76. The monoisotopic (exact) mass is 199 g/mol. The Hall–Kier alpha value is -1.16. The van der Waals surface area contributed by atoms with Gasteiger partial charge in [-0.1, -0.05) is 12.1 Å². The zero-order valence-electron chi connectivity index (χ0n) is 7.76. The number of hydrogen-bond donors (Lipinski definition) is 1. The van der Waals surface area contributed by atoms with Crippen molar-refractivity contribution in [2.75, 3.05) is 7.11 Å². The van der Waals surface area contributed by atoms with E-state index in [-0.39, 0.29) is 6.42 Å². The summed E-state index contributed by atoms with van der Waals surface area (Å²) in [6.07, 6.45) is -0.271. The summed E-state index contributed by atoms with van der Waals surface area (Å²) >= 11 is 0. The predicted octanol–water partition coefficient (Wildman–Crippen LogP) is 1.89. The summed E-state index contributed by atoms with van der Waals surface area (Å²) in [6, 6.07) is 6.44. The van der Waals surface area contributed by atoms with Crippen LogP contribution in [-0.4, -0.2) is 13.0 Å². The van der Waals surface area contributed by atoms with Crippen LogP contribution in [0.1, 0.15) is 12.0 Å². The first-order valence-electron chi connectivity index (χ1n) is 4.31. The Kier molecular flexibility index (Phi) is 1.79. The van der Waals surface area contributed by atoms with Crippen LogP contribution in [0.5, 0.6) is 5.75 Å². The average molecular weight is 199 g/mol. The highest BCUT2D eigenvalue weighted by molar-refractivity contribution is 5.39. The average Bonchev–Trinajstić information content (AvgIpc) is 2.68. The molecule has 1 unspecified atom stereocenters. The zero-order chi connectivity index (χ0) is 10.4. The summed E-state index contributed by atoms with van der Waals surface area (Å²) in [7, 11) is 1.53. The molecule has 2 nitrogen and oxygen atoms in total. The van der Waals surface area contributed by atoms with E-state index in [0.29, 0.717) is 11.3 Å². The first-order valence-corrected chi connectivity index (χ1v) is 4.31. The quantitative estimate of drug-likeness (QED) is 0.789.